The first kappa shape index (κ1) is 25.5. The summed E-state index contributed by atoms with van der Waals surface area (Å²) in [6.07, 6.45) is 0. The van der Waals surface area contributed by atoms with E-state index >= 15 is 0 Å². The van der Waals surface area contributed by atoms with Crippen molar-refractivity contribution in [1.82, 2.24) is 4.90 Å². The van der Waals surface area contributed by atoms with Crippen molar-refractivity contribution in [1.29, 1.82) is 0 Å². The van der Waals surface area contributed by atoms with Crippen LogP contribution in [0.4, 0.5) is 5.69 Å². The second kappa shape index (κ2) is 11.8. The topological polar surface area (TPSA) is 52.2 Å². The monoisotopic (exact) mass is 500 g/mol. The number of anilines is 1. The van der Waals surface area contributed by atoms with E-state index in [1.807, 2.05) is 30.3 Å². The second-order valence-corrected chi connectivity index (χ2v) is 8.35. The molecular formula is C26H29ClN2O4S. The highest BCUT2D eigenvalue weighted by Crippen LogP contribution is 2.39. The first-order valence-corrected chi connectivity index (χ1v) is 11.4. The van der Waals surface area contributed by atoms with Gasteiger partial charge < -0.3 is 29.2 Å². The first-order valence-electron chi connectivity index (χ1n) is 10.7. The Bertz CT molecular complexity index is 1100. The fourth-order valence-corrected chi connectivity index (χ4v) is 4.19. The molecule has 6 nitrogen and oxygen atoms in total. The number of methoxy groups -OCH3 is 4. The quantitative estimate of drug-likeness (QED) is 0.344. The molecular weight excluding hydrogens is 472 g/mol. The summed E-state index contributed by atoms with van der Waals surface area (Å²) in [5, 5.41) is 4.41. The highest BCUT2D eigenvalue weighted by molar-refractivity contribution is 7.80. The van der Waals surface area contributed by atoms with Crippen molar-refractivity contribution in [3.63, 3.8) is 0 Å². The van der Waals surface area contributed by atoms with Gasteiger partial charge in [0, 0.05) is 11.6 Å². The molecule has 0 heterocycles. The molecule has 34 heavy (non-hydrogen) atoms. The van der Waals surface area contributed by atoms with Crippen LogP contribution >= 0.6 is 23.8 Å². The van der Waals surface area contributed by atoms with Crippen LogP contribution < -0.4 is 24.3 Å². The predicted octanol–water partition coefficient (Wildman–Crippen LogP) is 6.33. The third-order valence-corrected chi connectivity index (χ3v) is 6.06. The van der Waals surface area contributed by atoms with Crippen molar-refractivity contribution in [3.8, 4) is 23.0 Å². The van der Waals surface area contributed by atoms with Gasteiger partial charge in [-0.25, -0.2) is 0 Å². The van der Waals surface area contributed by atoms with Crippen molar-refractivity contribution in [2.24, 2.45) is 0 Å². The Hall–Kier alpha value is -3.16. The molecule has 1 N–H and O–H groups in total. The summed E-state index contributed by atoms with van der Waals surface area (Å²) in [5.74, 6) is 2.35. The summed E-state index contributed by atoms with van der Waals surface area (Å²) in [6.45, 7) is 2.60. The zero-order valence-electron chi connectivity index (χ0n) is 19.9. The van der Waals surface area contributed by atoms with Gasteiger partial charge in [-0.2, -0.15) is 0 Å². The summed E-state index contributed by atoms with van der Waals surface area (Å²) in [7, 11) is 6.39. The molecule has 1 unspecified atom stereocenters. The Balaban J connectivity index is 2.00. The van der Waals surface area contributed by atoms with Crippen LogP contribution in [0.15, 0.2) is 60.7 Å². The number of thiocarbonyl (C=S) groups is 1. The minimum Gasteiger partial charge on any atom is -0.495 e. The Morgan fingerprint density at radius 1 is 0.882 bits per heavy atom. The van der Waals surface area contributed by atoms with E-state index in [0.717, 1.165) is 11.1 Å². The number of halogens is 1. The summed E-state index contributed by atoms with van der Waals surface area (Å²) in [6, 6.07) is 19.4. The van der Waals surface area contributed by atoms with Gasteiger partial charge in [-0.05, 0) is 60.6 Å². The first-order chi connectivity index (χ1) is 16.4. The fraction of sp³-hybridized carbons (Fsp3) is 0.269. The van der Waals surface area contributed by atoms with Crippen LogP contribution in [0.2, 0.25) is 5.02 Å². The van der Waals surface area contributed by atoms with E-state index < -0.39 is 0 Å². The van der Waals surface area contributed by atoms with Crippen molar-refractivity contribution in [2.45, 2.75) is 19.5 Å². The maximum absolute atomic E-state index is 6.23. The van der Waals surface area contributed by atoms with Gasteiger partial charge in [0.15, 0.2) is 16.6 Å². The Labute approximate surface area is 211 Å². The number of hydrogen-bond donors (Lipinski definition) is 1. The molecule has 3 aromatic rings. The van der Waals surface area contributed by atoms with Gasteiger partial charge in [-0.15, -0.1) is 0 Å². The van der Waals surface area contributed by atoms with Gasteiger partial charge in [-0.3, -0.25) is 0 Å². The van der Waals surface area contributed by atoms with E-state index in [1.165, 1.54) is 0 Å². The number of benzene rings is 3. The lowest BCUT2D eigenvalue weighted by Gasteiger charge is -2.33. The Morgan fingerprint density at radius 3 is 2.06 bits per heavy atom. The van der Waals surface area contributed by atoms with Gasteiger partial charge in [0.25, 0.3) is 0 Å². The van der Waals surface area contributed by atoms with E-state index in [-0.39, 0.29) is 6.04 Å². The lowest BCUT2D eigenvalue weighted by Crippen LogP contribution is -2.36. The standard InChI is InChI=1S/C26H29ClN2O4S/c1-17(19-9-7-6-8-10-19)29(26(34)28-21-15-20(27)11-12-22(21)30-2)16-18-13-23(31-3)25(33-5)24(14-18)32-4/h6-15,17H,16H2,1-5H3,(H,28,34). The van der Waals surface area contributed by atoms with E-state index in [4.69, 9.17) is 42.8 Å². The van der Waals surface area contributed by atoms with E-state index in [9.17, 15) is 0 Å². The fourth-order valence-electron chi connectivity index (χ4n) is 3.68. The minimum absolute atomic E-state index is 0.0366. The highest BCUT2D eigenvalue weighted by Gasteiger charge is 2.22. The molecule has 0 bridgehead atoms. The zero-order chi connectivity index (χ0) is 24.7. The molecule has 3 aromatic carbocycles. The molecule has 0 aliphatic heterocycles. The van der Waals surface area contributed by atoms with Crippen LogP contribution in [0.25, 0.3) is 0 Å². The van der Waals surface area contributed by atoms with E-state index in [0.29, 0.717) is 45.4 Å². The summed E-state index contributed by atoms with van der Waals surface area (Å²) in [5.41, 5.74) is 2.76. The molecule has 8 heteroatoms. The molecule has 0 amide bonds. The summed E-state index contributed by atoms with van der Waals surface area (Å²) in [4.78, 5) is 2.09. The molecule has 0 spiro atoms. The van der Waals surface area contributed by atoms with E-state index in [2.05, 4.69) is 29.3 Å². The summed E-state index contributed by atoms with van der Waals surface area (Å²) >= 11 is 12.1. The number of rotatable bonds is 9. The van der Waals surface area contributed by atoms with Gasteiger partial charge >= 0.3 is 0 Å². The van der Waals surface area contributed by atoms with Crippen LogP contribution in [0.3, 0.4) is 0 Å². The molecule has 1 atom stereocenters. The maximum Gasteiger partial charge on any atom is 0.203 e. The van der Waals surface area contributed by atoms with Crippen LogP contribution in [-0.4, -0.2) is 38.5 Å². The second-order valence-electron chi connectivity index (χ2n) is 7.52. The maximum atomic E-state index is 6.23. The van der Waals surface area contributed by atoms with Crippen molar-refractivity contribution >= 4 is 34.6 Å². The number of ether oxygens (including phenoxy) is 4. The largest absolute Gasteiger partial charge is 0.495 e. The Kier molecular flexibility index (Phi) is 8.85. The SMILES string of the molecule is COc1ccc(Cl)cc1NC(=S)N(Cc1cc(OC)c(OC)c(OC)c1)C(C)c1ccccc1. The van der Waals surface area contributed by atoms with Crippen molar-refractivity contribution in [3.05, 3.63) is 76.8 Å². The third kappa shape index (κ3) is 5.85. The average Bonchev–Trinajstić information content (AvgIpc) is 2.86. The minimum atomic E-state index is -0.0366. The molecule has 0 aromatic heterocycles. The molecule has 0 radical (unpaired) electrons. The van der Waals surface area contributed by atoms with Crippen LogP contribution in [0, 0.1) is 0 Å². The normalized spacial score (nSPS) is 11.4. The van der Waals surface area contributed by atoms with Crippen LogP contribution in [0.1, 0.15) is 24.1 Å². The van der Waals surface area contributed by atoms with Gasteiger partial charge in [-0.1, -0.05) is 41.9 Å². The number of hydrogen-bond acceptors (Lipinski definition) is 5. The van der Waals surface area contributed by atoms with Crippen LogP contribution in [-0.2, 0) is 6.54 Å². The Morgan fingerprint density at radius 2 is 1.50 bits per heavy atom. The lowest BCUT2D eigenvalue weighted by molar-refractivity contribution is 0.316. The predicted molar refractivity (Wildman–Crippen MR) is 141 cm³/mol. The molecule has 0 aliphatic carbocycles. The van der Waals surface area contributed by atoms with Crippen molar-refractivity contribution in [2.75, 3.05) is 33.8 Å². The van der Waals surface area contributed by atoms with E-state index in [1.54, 1.807) is 46.6 Å². The molecule has 3 rings (SSSR count). The molecule has 180 valence electrons. The number of nitrogens with one attached hydrogen (secondary N) is 1. The van der Waals surface area contributed by atoms with Gasteiger partial charge in [0.05, 0.1) is 40.2 Å². The third-order valence-electron chi connectivity index (χ3n) is 5.49. The molecule has 0 saturated heterocycles. The number of nitrogens with zero attached hydrogens (tertiary/aromatic N) is 1. The smallest absolute Gasteiger partial charge is 0.203 e. The van der Waals surface area contributed by atoms with Crippen LogP contribution in [0.5, 0.6) is 23.0 Å². The van der Waals surface area contributed by atoms with Gasteiger partial charge in [0.2, 0.25) is 5.75 Å². The molecule has 0 saturated carbocycles. The summed E-state index contributed by atoms with van der Waals surface area (Å²) < 4.78 is 22.0. The van der Waals surface area contributed by atoms with Gasteiger partial charge in [0.1, 0.15) is 5.75 Å². The highest BCUT2D eigenvalue weighted by atomic mass is 35.5. The molecule has 0 fully saturated rings. The average molecular weight is 501 g/mol. The zero-order valence-corrected chi connectivity index (χ0v) is 21.5. The lowest BCUT2D eigenvalue weighted by atomic mass is 10.1. The van der Waals surface area contributed by atoms with Crippen molar-refractivity contribution < 1.29 is 18.9 Å². The molecule has 0 aliphatic rings.